The fourth-order valence-corrected chi connectivity index (χ4v) is 1.31. The Bertz CT molecular complexity index is 372. The molecule has 0 aliphatic rings. The lowest BCUT2D eigenvalue weighted by atomic mass is 10.1. The fourth-order valence-electron chi connectivity index (χ4n) is 1.31. The van der Waals surface area contributed by atoms with E-state index < -0.39 is 5.60 Å². The highest BCUT2D eigenvalue weighted by atomic mass is 16.5. The van der Waals surface area contributed by atoms with Crippen molar-refractivity contribution < 1.29 is 9.53 Å². The highest BCUT2D eigenvalue weighted by Crippen LogP contribution is 2.08. The normalized spacial score (nSPS) is 11.2. The summed E-state index contributed by atoms with van der Waals surface area (Å²) in [6, 6.07) is 7.64. The molecule has 1 aromatic carbocycles. The Labute approximate surface area is 102 Å². The number of hydrogen-bond acceptors (Lipinski definition) is 3. The van der Waals surface area contributed by atoms with Crippen molar-refractivity contribution in [3.63, 3.8) is 0 Å². The first kappa shape index (κ1) is 13.5. The number of nitrogens with one attached hydrogen (secondary N) is 1. The van der Waals surface area contributed by atoms with Gasteiger partial charge in [-0.15, -0.1) is 0 Å². The summed E-state index contributed by atoms with van der Waals surface area (Å²) in [5.41, 5.74) is 6.71. The molecule has 0 fully saturated rings. The third-order valence-electron chi connectivity index (χ3n) is 2.74. The van der Waals surface area contributed by atoms with Crippen LogP contribution in [0.4, 0.5) is 5.69 Å². The van der Waals surface area contributed by atoms with Crippen LogP contribution < -0.4 is 11.1 Å². The number of carbonyl (C=O) groups excluding carboxylic acids is 1. The lowest BCUT2D eigenvalue weighted by Gasteiger charge is -2.21. The topological polar surface area (TPSA) is 64.3 Å². The Morgan fingerprint density at radius 3 is 2.47 bits per heavy atom. The van der Waals surface area contributed by atoms with E-state index >= 15 is 0 Å². The molecule has 0 aromatic heterocycles. The van der Waals surface area contributed by atoms with Gasteiger partial charge in [-0.3, -0.25) is 4.79 Å². The molecular weight excluding hydrogens is 216 g/mol. The van der Waals surface area contributed by atoms with E-state index in [1.165, 1.54) is 7.11 Å². The molecule has 0 saturated carbocycles. The van der Waals surface area contributed by atoms with Gasteiger partial charge in [-0.2, -0.15) is 0 Å². The van der Waals surface area contributed by atoms with Crippen LogP contribution in [0.25, 0.3) is 0 Å². The monoisotopic (exact) mass is 236 g/mol. The zero-order valence-electron chi connectivity index (χ0n) is 10.6. The maximum Gasteiger partial charge on any atom is 0.251 e. The Morgan fingerprint density at radius 2 is 1.94 bits per heavy atom. The molecule has 1 aromatic rings. The van der Waals surface area contributed by atoms with Crippen molar-refractivity contribution in [2.24, 2.45) is 0 Å². The van der Waals surface area contributed by atoms with Crippen molar-refractivity contribution in [2.45, 2.75) is 25.9 Å². The molecule has 0 spiro atoms. The second kappa shape index (κ2) is 5.68. The fraction of sp³-hybridized carbons (Fsp3) is 0.462. The number of amides is 1. The molecule has 1 amide bonds. The first-order valence-electron chi connectivity index (χ1n) is 5.63. The molecule has 0 radical (unpaired) electrons. The molecule has 1 rings (SSSR count). The van der Waals surface area contributed by atoms with Gasteiger partial charge in [0, 0.05) is 19.3 Å². The van der Waals surface area contributed by atoms with E-state index in [9.17, 15) is 4.79 Å². The van der Waals surface area contributed by atoms with Gasteiger partial charge < -0.3 is 15.8 Å². The lowest BCUT2D eigenvalue weighted by molar-refractivity contribution is -0.139. The summed E-state index contributed by atoms with van der Waals surface area (Å²) in [5.74, 6) is -0.101. The number of hydrogen-bond donors (Lipinski definition) is 2. The molecule has 94 valence electrons. The number of benzene rings is 1. The summed E-state index contributed by atoms with van der Waals surface area (Å²) in [5, 5.41) is 2.84. The summed E-state index contributed by atoms with van der Waals surface area (Å²) < 4.78 is 5.09. The third-order valence-corrected chi connectivity index (χ3v) is 2.74. The van der Waals surface area contributed by atoms with E-state index in [-0.39, 0.29) is 5.91 Å². The first-order valence-corrected chi connectivity index (χ1v) is 5.63. The molecule has 0 aliphatic carbocycles. The number of carbonyl (C=O) groups is 1. The number of nitrogens with two attached hydrogens (primary N) is 1. The van der Waals surface area contributed by atoms with Crippen molar-refractivity contribution in [3.8, 4) is 0 Å². The quantitative estimate of drug-likeness (QED) is 0.758. The molecule has 0 atom stereocenters. The van der Waals surface area contributed by atoms with Crippen LogP contribution in [0, 0.1) is 0 Å². The minimum atomic E-state index is -0.777. The van der Waals surface area contributed by atoms with Crippen LogP contribution in [0.5, 0.6) is 0 Å². The molecule has 3 N–H and O–H groups in total. The predicted octanol–water partition coefficient (Wildman–Crippen LogP) is 1.35. The summed E-state index contributed by atoms with van der Waals surface area (Å²) in [6.07, 6.45) is 0.784. The smallest absolute Gasteiger partial charge is 0.251 e. The zero-order valence-corrected chi connectivity index (χ0v) is 10.6. The number of anilines is 1. The van der Waals surface area contributed by atoms with Crippen LogP contribution in [0.1, 0.15) is 19.4 Å². The Kier molecular flexibility index (Phi) is 4.52. The Morgan fingerprint density at radius 1 is 1.35 bits per heavy atom. The highest BCUT2D eigenvalue weighted by Gasteiger charge is 2.26. The minimum absolute atomic E-state index is 0.101. The van der Waals surface area contributed by atoms with Gasteiger partial charge in [0.1, 0.15) is 5.60 Å². The number of nitrogen functional groups attached to an aromatic ring is 1. The molecule has 0 saturated heterocycles. The van der Waals surface area contributed by atoms with Gasteiger partial charge in [0.25, 0.3) is 5.91 Å². The molecule has 0 unspecified atom stereocenters. The standard InChI is InChI=1S/C13H20N2O2/c1-13(2,17-3)12(16)15-9-8-10-4-6-11(14)7-5-10/h4-7H,8-9,14H2,1-3H3,(H,15,16). The largest absolute Gasteiger partial charge is 0.399 e. The van der Waals surface area contributed by atoms with Gasteiger partial charge in [0.05, 0.1) is 0 Å². The molecular formula is C13H20N2O2. The molecule has 4 nitrogen and oxygen atoms in total. The summed E-state index contributed by atoms with van der Waals surface area (Å²) in [7, 11) is 1.53. The molecule has 17 heavy (non-hydrogen) atoms. The van der Waals surface area contributed by atoms with E-state index in [2.05, 4.69) is 5.32 Å². The van der Waals surface area contributed by atoms with Gasteiger partial charge in [0.15, 0.2) is 0 Å². The van der Waals surface area contributed by atoms with Crippen molar-refractivity contribution in [1.29, 1.82) is 0 Å². The average molecular weight is 236 g/mol. The SMILES string of the molecule is COC(C)(C)C(=O)NCCc1ccc(N)cc1. The lowest BCUT2D eigenvalue weighted by Crippen LogP contribution is -2.44. The van der Waals surface area contributed by atoms with Crippen molar-refractivity contribution in [1.82, 2.24) is 5.32 Å². The Balaban J connectivity index is 2.38. The predicted molar refractivity (Wildman–Crippen MR) is 68.7 cm³/mol. The average Bonchev–Trinajstić information content (AvgIpc) is 2.31. The molecule has 0 bridgehead atoms. The summed E-state index contributed by atoms with van der Waals surface area (Å²) in [6.45, 7) is 4.08. The third kappa shape index (κ3) is 4.07. The van der Waals surface area contributed by atoms with Crippen LogP contribution in [0.3, 0.4) is 0 Å². The van der Waals surface area contributed by atoms with Crippen LogP contribution in [-0.2, 0) is 16.0 Å². The van der Waals surface area contributed by atoms with E-state index in [4.69, 9.17) is 10.5 Å². The number of methoxy groups -OCH3 is 1. The highest BCUT2D eigenvalue weighted by molar-refractivity contribution is 5.84. The number of rotatable bonds is 5. The van der Waals surface area contributed by atoms with Crippen LogP contribution in [0.15, 0.2) is 24.3 Å². The van der Waals surface area contributed by atoms with E-state index in [0.717, 1.165) is 17.7 Å². The maximum atomic E-state index is 11.7. The second-order valence-corrected chi connectivity index (χ2v) is 4.46. The van der Waals surface area contributed by atoms with Gasteiger partial charge in [0.2, 0.25) is 0 Å². The summed E-state index contributed by atoms with van der Waals surface area (Å²) >= 11 is 0. The van der Waals surface area contributed by atoms with E-state index in [1.54, 1.807) is 13.8 Å². The molecule has 4 heteroatoms. The zero-order chi connectivity index (χ0) is 12.9. The van der Waals surface area contributed by atoms with Gasteiger partial charge in [-0.25, -0.2) is 0 Å². The van der Waals surface area contributed by atoms with Crippen LogP contribution >= 0.6 is 0 Å². The van der Waals surface area contributed by atoms with Crippen molar-refractivity contribution in [2.75, 3.05) is 19.4 Å². The van der Waals surface area contributed by atoms with Crippen LogP contribution in [-0.4, -0.2) is 25.2 Å². The van der Waals surface area contributed by atoms with Crippen molar-refractivity contribution >= 4 is 11.6 Å². The number of ether oxygens (including phenoxy) is 1. The van der Waals surface area contributed by atoms with E-state index in [1.807, 2.05) is 24.3 Å². The van der Waals surface area contributed by atoms with Gasteiger partial charge in [-0.1, -0.05) is 12.1 Å². The summed E-state index contributed by atoms with van der Waals surface area (Å²) in [4.78, 5) is 11.7. The molecule has 0 heterocycles. The van der Waals surface area contributed by atoms with Crippen LogP contribution in [0.2, 0.25) is 0 Å². The minimum Gasteiger partial charge on any atom is -0.399 e. The second-order valence-electron chi connectivity index (χ2n) is 4.46. The maximum absolute atomic E-state index is 11.7. The van der Waals surface area contributed by atoms with Crippen molar-refractivity contribution in [3.05, 3.63) is 29.8 Å². The van der Waals surface area contributed by atoms with E-state index in [0.29, 0.717) is 6.54 Å². The van der Waals surface area contributed by atoms with Gasteiger partial charge in [-0.05, 0) is 38.0 Å². The Hall–Kier alpha value is -1.55. The molecule has 0 aliphatic heterocycles. The van der Waals surface area contributed by atoms with Gasteiger partial charge >= 0.3 is 0 Å². The first-order chi connectivity index (χ1) is 7.95.